The van der Waals surface area contributed by atoms with Gasteiger partial charge in [-0.3, -0.25) is 0 Å². The summed E-state index contributed by atoms with van der Waals surface area (Å²) in [5.74, 6) is 0. The van der Waals surface area contributed by atoms with Gasteiger partial charge in [-0.15, -0.1) is 0 Å². The minimum atomic E-state index is -2.74. The van der Waals surface area contributed by atoms with Crippen molar-refractivity contribution in [2.75, 3.05) is 21.3 Å². The smallest absolute Gasteiger partial charge is 0.408 e. The van der Waals surface area contributed by atoms with Gasteiger partial charge in [-0.25, -0.2) is 0 Å². The lowest BCUT2D eigenvalue weighted by Crippen LogP contribution is -2.64. The largest absolute Gasteiger partial charge is 0.531 e. The fourth-order valence-electron chi connectivity index (χ4n) is 1.82. The molecule has 0 spiro atoms. The maximum absolute atomic E-state index is 6.09. The highest BCUT2D eigenvalue weighted by atomic mass is 28.4. The third-order valence-electron chi connectivity index (χ3n) is 2.10. The molecule has 4 nitrogen and oxygen atoms in total. The van der Waals surface area contributed by atoms with Gasteiger partial charge in [-0.1, -0.05) is 0 Å². The van der Waals surface area contributed by atoms with Gasteiger partial charge in [0.15, 0.2) is 8.32 Å². The summed E-state index contributed by atoms with van der Waals surface area (Å²) in [6.45, 7) is 10.3. The normalized spacial score (nSPS) is 14.4. The second-order valence-corrected chi connectivity index (χ2v) is 12.9. The Bertz CT molecular complexity index is 189. The van der Waals surface area contributed by atoms with E-state index in [-0.39, 0.29) is 0 Å². The van der Waals surface area contributed by atoms with Gasteiger partial charge in [0.25, 0.3) is 0 Å². The highest BCUT2D eigenvalue weighted by Gasteiger charge is 2.56. The molecule has 0 rings (SSSR count). The van der Waals surface area contributed by atoms with Gasteiger partial charge in [0.1, 0.15) is 5.22 Å². The third kappa shape index (κ3) is 3.65. The molecule has 6 heteroatoms. The SMILES string of the molecule is CO[Si](OC)(OC)C(C)(C)O[Si](C)(C)C. The third-order valence-corrected chi connectivity index (χ3v) is 6.62. The maximum atomic E-state index is 6.09. The highest BCUT2D eigenvalue weighted by Crippen LogP contribution is 2.29. The molecule has 0 heterocycles. The second-order valence-electron chi connectivity index (χ2n) is 4.89. The van der Waals surface area contributed by atoms with Crippen LogP contribution in [-0.2, 0) is 17.7 Å². The molecule has 0 aromatic heterocycles. The van der Waals surface area contributed by atoms with Crippen molar-refractivity contribution in [2.24, 2.45) is 0 Å². The molecule has 0 radical (unpaired) electrons. The van der Waals surface area contributed by atoms with E-state index < -0.39 is 22.3 Å². The first-order valence-corrected chi connectivity index (χ1v) is 10.1. The Hall–Kier alpha value is 0.274. The molecule has 0 aliphatic heterocycles. The standard InChI is InChI=1S/C9H24O4Si2/c1-9(2,13-14(6,7)8)15(10-3,11-4)12-5/h1-8H3. The van der Waals surface area contributed by atoms with E-state index in [1.165, 1.54) is 0 Å². The zero-order valence-corrected chi connectivity index (χ0v) is 13.1. The van der Waals surface area contributed by atoms with E-state index in [0.717, 1.165) is 0 Å². The quantitative estimate of drug-likeness (QED) is 0.678. The van der Waals surface area contributed by atoms with Crippen LogP contribution in [0, 0.1) is 0 Å². The van der Waals surface area contributed by atoms with E-state index in [4.69, 9.17) is 17.7 Å². The predicted molar refractivity (Wildman–Crippen MR) is 65.3 cm³/mol. The van der Waals surface area contributed by atoms with E-state index in [9.17, 15) is 0 Å². The Kier molecular flexibility index (Phi) is 5.16. The minimum absolute atomic E-state index is 0.518. The predicted octanol–water partition coefficient (Wildman–Crippen LogP) is 2.03. The number of hydrogen-bond acceptors (Lipinski definition) is 4. The van der Waals surface area contributed by atoms with Gasteiger partial charge in [0.2, 0.25) is 0 Å². The summed E-state index contributed by atoms with van der Waals surface area (Å²) in [4.78, 5) is 0. The number of hydrogen-bond donors (Lipinski definition) is 0. The van der Waals surface area contributed by atoms with Gasteiger partial charge < -0.3 is 17.7 Å². The zero-order valence-electron chi connectivity index (χ0n) is 11.1. The van der Waals surface area contributed by atoms with Gasteiger partial charge >= 0.3 is 8.80 Å². The molecule has 0 aliphatic carbocycles. The van der Waals surface area contributed by atoms with E-state index >= 15 is 0 Å². The Morgan fingerprint density at radius 3 is 1.33 bits per heavy atom. The van der Waals surface area contributed by atoms with E-state index in [1.807, 2.05) is 13.8 Å². The van der Waals surface area contributed by atoms with Crippen molar-refractivity contribution in [1.82, 2.24) is 0 Å². The molecule has 0 aromatic carbocycles. The average molecular weight is 252 g/mol. The molecule has 0 unspecified atom stereocenters. The van der Waals surface area contributed by atoms with Crippen LogP contribution >= 0.6 is 0 Å². The van der Waals surface area contributed by atoms with Crippen LogP contribution in [-0.4, -0.2) is 43.7 Å². The van der Waals surface area contributed by atoms with Crippen molar-refractivity contribution in [3.05, 3.63) is 0 Å². The van der Waals surface area contributed by atoms with Gasteiger partial charge in [-0.05, 0) is 33.5 Å². The Labute approximate surface area is 95.4 Å². The summed E-state index contributed by atoms with van der Waals surface area (Å²) in [7, 11) is 0.418. The molecule has 0 saturated heterocycles. The Morgan fingerprint density at radius 1 is 0.800 bits per heavy atom. The summed E-state index contributed by atoms with van der Waals surface area (Å²) < 4.78 is 22.4. The summed E-state index contributed by atoms with van der Waals surface area (Å²) in [6.07, 6.45) is 0. The molecule has 0 N–H and O–H groups in total. The zero-order chi connectivity index (χ0) is 12.3. The molecule has 0 aliphatic rings. The first kappa shape index (κ1) is 15.3. The fraction of sp³-hybridized carbons (Fsp3) is 1.00. The Balaban J connectivity index is 4.95. The first-order chi connectivity index (χ1) is 6.64. The molecule has 0 aromatic rings. The van der Waals surface area contributed by atoms with Crippen molar-refractivity contribution < 1.29 is 17.7 Å². The lowest BCUT2D eigenvalue weighted by atomic mass is 10.5. The lowest BCUT2D eigenvalue weighted by molar-refractivity contribution is 0.0258. The average Bonchev–Trinajstić information content (AvgIpc) is 2.03. The molecular formula is C9H24O4Si2. The minimum Gasteiger partial charge on any atom is -0.408 e. The van der Waals surface area contributed by atoms with Crippen molar-refractivity contribution in [3.8, 4) is 0 Å². The maximum Gasteiger partial charge on any atom is 0.531 e. The van der Waals surface area contributed by atoms with Gasteiger partial charge in [0.05, 0.1) is 0 Å². The monoisotopic (exact) mass is 252 g/mol. The molecule has 0 atom stereocenters. The van der Waals surface area contributed by atoms with Gasteiger partial charge in [-0.2, -0.15) is 0 Å². The molecule has 15 heavy (non-hydrogen) atoms. The van der Waals surface area contributed by atoms with Crippen molar-refractivity contribution in [3.63, 3.8) is 0 Å². The van der Waals surface area contributed by atoms with E-state index in [2.05, 4.69) is 19.6 Å². The van der Waals surface area contributed by atoms with Crippen molar-refractivity contribution in [1.29, 1.82) is 0 Å². The van der Waals surface area contributed by atoms with Crippen LogP contribution in [0.15, 0.2) is 0 Å². The van der Waals surface area contributed by atoms with Crippen molar-refractivity contribution in [2.45, 2.75) is 38.7 Å². The van der Waals surface area contributed by atoms with Crippen LogP contribution < -0.4 is 0 Å². The molecule has 0 saturated carbocycles. The number of rotatable bonds is 6. The first-order valence-electron chi connectivity index (χ1n) is 5.00. The highest BCUT2D eigenvalue weighted by molar-refractivity contribution is 6.72. The van der Waals surface area contributed by atoms with Crippen LogP contribution in [0.25, 0.3) is 0 Å². The molecule has 92 valence electrons. The Morgan fingerprint density at radius 2 is 1.13 bits per heavy atom. The fourth-order valence-corrected chi connectivity index (χ4v) is 6.74. The summed E-state index contributed by atoms with van der Waals surface area (Å²) in [5.41, 5.74) is 0. The van der Waals surface area contributed by atoms with Crippen LogP contribution in [0.3, 0.4) is 0 Å². The summed E-state index contributed by atoms with van der Waals surface area (Å²) in [6, 6.07) is 0. The van der Waals surface area contributed by atoms with Crippen LogP contribution in [0.5, 0.6) is 0 Å². The molecule has 0 bridgehead atoms. The molecule has 0 fully saturated rings. The summed E-state index contributed by atoms with van der Waals surface area (Å²) in [5, 5.41) is -0.518. The lowest BCUT2D eigenvalue weighted by Gasteiger charge is -2.41. The van der Waals surface area contributed by atoms with Crippen molar-refractivity contribution >= 4 is 17.1 Å². The van der Waals surface area contributed by atoms with E-state index in [0.29, 0.717) is 0 Å². The van der Waals surface area contributed by atoms with Crippen LogP contribution in [0.1, 0.15) is 13.8 Å². The van der Waals surface area contributed by atoms with E-state index in [1.54, 1.807) is 21.3 Å². The summed E-state index contributed by atoms with van der Waals surface area (Å²) >= 11 is 0. The molecule has 0 amide bonds. The topological polar surface area (TPSA) is 36.9 Å². The van der Waals surface area contributed by atoms with Crippen LogP contribution in [0.2, 0.25) is 19.6 Å². The van der Waals surface area contributed by atoms with Crippen LogP contribution in [0.4, 0.5) is 0 Å². The van der Waals surface area contributed by atoms with Gasteiger partial charge in [0, 0.05) is 21.3 Å². The second kappa shape index (κ2) is 5.07. The molecular weight excluding hydrogens is 228 g/mol.